The zero-order valence-electron chi connectivity index (χ0n) is 17.1. The van der Waals surface area contributed by atoms with Crippen molar-refractivity contribution in [2.24, 2.45) is 0 Å². The van der Waals surface area contributed by atoms with Crippen LogP contribution in [0.1, 0.15) is 28.9 Å². The molecule has 156 valence electrons. The molecular weight excluding hydrogens is 380 g/mol. The van der Waals surface area contributed by atoms with E-state index in [4.69, 9.17) is 4.74 Å². The first-order chi connectivity index (χ1) is 14.7. The maximum absolute atomic E-state index is 12.9. The highest BCUT2D eigenvalue weighted by atomic mass is 16.5. The number of benzene rings is 2. The molecule has 1 aliphatic rings. The van der Waals surface area contributed by atoms with Crippen LogP contribution in [0.5, 0.6) is 5.75 Å². The first kappa shape index (κ1) is 20.1. The predicted molar refractivity (Wildman–Crippen MR) is 116 cm³/mol. The SMILES string of the molecule is COc1cccc(C(=O)NCc2nn(CCN3CCCC3)c(=O)c3ccccc23)c1. The average molecular weight is 406 g/mol. The highest BCUT2D eigenvalue weighted by Crippen LogP contribution is 2.15. The predicted octanol–water partition coefficient (Wildman–Crippen LogP) is 2.43. The van der Waals surface area contributed by atoms with Crippen molar-refractivity contribution in [2.45, 2.75) is 25.9 Å². The maximum atomic E-state index is 12.9. The second-order valence-electron chi connectivity index (χ2n) is 7.48. The minimum Gasteiger partial charge on any atom is -0.497 e. The number of hydrogen-bond donors (Lipinski definition) is 1. The number of carbonyl (C=O) groups excluding carboxylic acids is 1. The number of nitrogens with zero attached hydrogens (tertiary/aromatic N) is 3. The molecule has 7 heteroatoms. The number of ether oxygens (including phenoxy) is 1. The number of nitrogens with one attached hydrogen (secondary N) is 1. The Morgan fingerprint density at radius 3 is 2.60 bits per heavy atom. The normalized spacial score (nSPS) is 14.2. The Kier molecular flexibility index (Phi) is 6.09. The summed E-state index contributed by atoms with van der Waals surface area (Å²) in [5, 5.41) is 8.91. The quantitative estimate of drug-likeness (QED) is 0.652. The summed E-state index contributed by atoms with van der Waals surface area (Å²) in [5.74, 6) is 0.413. The lowest BCUT2D eigenvalue weighted by Gasteiger charge is -2.16. The van der Waals surface area contributed by atoms with Crippen LogP contribution in [0.25, 0.3) is 10.8 Å². The Hall–Kier alpha value is -3.19. The van der Waals surface area contributed by atoms with Crippen LogP contribution in [0.4, 0.5) is 0 Å². The number of methoxy groups -OCH3 is 1. The number of hydrogen-bond acceptors (Lipinski definition) is 5. The number of amides is 1. The summed E-state index contributed by atoms with van der Waals surface area (Å²) in [7, 11) is 1.57. The molecule has 2 heterocycles. The largest absolute Gasteiger partial charge is 0.497 e. The van der Waals surface area contributed by atoms with E-state index < -0.39 is 0 Å². The van der Waals surface area contributed by atoms with E-state index in [1.807, 2.05) is 24.3 Å². The van der Waals surface area contributed by atoms with Crippen LogP contribution in [0.15, 0.2) is 53.3 Å². The highest BCUT2D eigenvalue weighted by molar-refractivity contribution is 5.94. The van der Waals surface area contributed by atoms with Crippen molar-refractivity contribution in [1.82, 2.24) is 20.0 Å². The molecule has 1 saturated heterocycles. The van der Waals surface area contributed by atoms with E-state index in [-0.39, 0.29) is 18.0 Å². The smallest absolute Gasteiger partial charge is 0.274 e. The van der Waals surface area contributed by atoms with Gasteiger partial charge in [0.2, 0.25) is 0 Å². The van der Waals surface area contributed by atoms with Crippen molar-refractivity contribution in [3.63, 3.8) is 0 Å². The fraction of sp³-hybridized carbons (Fsp3) is 0.348. The van der Waals surface area contributed by atoms with Gasteiger partial charge in [-0.3, -0.25) is 9.59 Å². The average Bonchev–Trinajstić information content (AvgIpc) is 3.31. The van der Waals surface area contributed by atoms with Gasteiger partial charge in [0.25, 0.3) is 11.5 Å². The Morgan fingerprint density at radius 1 is 1.07 bits per heavy atom. The van der Waals surface area contributed by atoms with Gasteiger partial charge in [-0.1, -0.05) is 24.3 Å². The van der Waals surface area contributed by atoms with E-state index in [1.54, 1.807) is 31.4 Å². The van der Waals surface area contributed by atoms with Gasteiger partial charge in [-0.05, 0) is 50.2 Å². The zero-order chi connectivity index (χ0) is 20.9. The van der Waals surface area contributed by atoms with Gasteiger partial charge in [0.05, 0.1) is 31.3 Å². The third-order valence-electron chi connectivity index (χ3n) is 5.52. The molecule has 1 aliphatic heterocycles. The van der Waals surface area contributed by atoms with Gasteiger partial charge in [-0.25, -0.2) is 4.68 Å². The van der Waals surface area contributed by atoms with Crippen LogP contribution in [0.3, 0.4) is 0 Å². The van der Waals surface area contributed by atoms with E-state index in [9.17, 15) is 9.59 Å². The van der Waals surface area contributed by atoms with E-state index in [1.165, 1.54) is 17.5 Å². The molecule has 0 radical (unpaired) electrons. The van der Waals surface area contributed by atoms with E-state index in [2.05, 4.69) is 15.3 Å². The van der Waals surface area contributed by atoms with Crippen molar-refractivity contribution in [2.75, 3.05) is 26.7 Å². The standard InChI is InChI=1S/C23H26N4O3/c1-30-18-8-6-7-17(15-18)22(28)24-16-21-19-9-2-3-10-20(19)23(29)27(25-21)14-13-26-11-4-5-12-26/h2-3,6-10,15H,4-5,11-14,16H2,1H3,(H,24,28). The molecule has 3 aromatic rings. The number of rotatable bonds is 7. The van der Waals surface area contributed by atoms with Gasteiger partial charge in [-0.15, -0.1) is 0 Å². The van der Waals surface area contributed by atoms with Gasteiger partial charge in [0.1, 0.15) is 5.75 Å². The number of aromatic nitrogens is 2. The first-order valence-corrected chi connectivity index (χ1v) is 10.3. The van der Waals surface area contributed by atoms with Gasteiger partial charge in [-0.2, -0.15) is 5.10 Å². The minimum absolute atomic E-state index is 0.0901. The molecule has 0 spiro atoms. The third kappa shape index (κ3) is 4.36. The summed E-state index contributed by atoms with van der Waals surface area (Å²) in [5.41, 5.74) is 1.11. The number of carbonyl (C=O) groups is 1. The van der Waals surface area contributed by atoms with Crippen molar-refractivity contribution in [1.29, 1.82) is 0 Å². The van der Waals surface area contributed by atoms with Crippen LogP contribution in [0.2, 0.25) is 0 Å². The van der Waals surface area contributed by atoms with Crippen LogP contribution in [-0.4, -0.2) is 47.3 Å². The Morgan fingerprint density at radius 2 is 1.83 bits per heavy atom. The molecule has 7 nitrogen and oxygen atoms in total. The van der Waals surface area contributed by atoms with Gasteiger partial charge >= 0.3 is 0 Å². The molecule has 0 unspecified atom stereocenters. The molecule has 1 amide bonds. The van der Waals surface area contributed by atoms with E-state index in [0.29, 0.717) is 28.9 Å². The highest BCUT2D eigenvalue weighted by Gasteiger charge is 2.15. The van der Waals surface area contributed by atoms with Crippen LogP contribution >= 0.6 is 0 Å². The third-order valence-corrected chi connectivity index (χ3v) is 5.52. The molecular formula is C23H26N4O3. The number of fused-ring (bicyclic) bond motifs is 1. The molecule has 0 atom stereocenters. The number of likely N-dealkylation sites (tertiary alicyclic amines) is 1. The molecule has 1 aromatic heterocycles. The summed E-state index contributed by atoms with van der Waals surface area (Å²) in [6.07, 6.45) is 2.42. The van der Waals surface area contributed by atoms with E-state index in [0.717, 1.165) is 25.0 Å². The molecule has 0 bridgehead atoms. The monoisotopic (exact) mass is 406 g/mol. The maximum Gasteiger partial charge on any atom is 0.274 e. The molecule has 1 N–H and O–H groups in total. The lowest BCUT2D eigenvalue weighted by Crippen LogP contribution is -2.32. The Bertz CT molecular complexity index is 1100. The van der Waals surface area contributed by atoms with Crippen molar-refractivity contribution >= 4 is 16.7 Å². The van der Waals surface area contributed by atoms with Crippen molar-refractivity contribution < 1.29 is 9.53 Å². The summed E-state index contributed by atoms with van der Waals surface area (Å²) < 4.78 is 6.72. The summed E-state index contributed by atoms with van der Waals surface area (Å²) >= 11 is 0. The summed E-state index contributed by atoms with van der Waals surface area (Å²) in [4.78, 5) is 27.9. The van der Waals surface area contributed by atoms with Crippen LogP contribution in [0, 0.1) is 0 Å². The minimum atomic E-state index is -0.213. The Labute approximate surface area is 175 Å². The molecule has 2 aromatic carbocycles. The lowest BCUT2D eigenvalue weighted by atomic mass is 10.1. The van der Waals surface area contributed by atoms with Gasteiger partial charge in [0.15, 0.2) is 0 Å². The summed E-state index contributed by atoms with van der Waals surface area (Å²) in [6.45, 7) is 3.74. The zero-order valence-corrected chi connectivity index (χ0v) is 17.1. The second-order valence-corrected chi connectivity index (χ2v) is 7.48. The fourth-order valence-electron chi connectivity index (χ4n) is 3.86. The molecule has 1 fully saturated rings. The topological polar surface area (TPSA) is 76.5 Å². The molecule has 0 saturated carbocycles. The first-order valence-electron chi connectivity index (χ1n) is 10.3. The van der Waals surface area contributed by atoms with Gasteiger partial charge < -0.3 is 15.0 Å². The van der Waals surface area contributed by atoms with E-state index >= 15 is 0 Å². The van der Waals surface area contributed by atoms with Crippen LogP contribution in [-0.2, 0) is 13.1 Å². The van der Waals surface area contributed by atoms with Crippen molar-refractivity contribution in [3.05, 3.63) is 70.1 Å². The van der Waals surface area contributed by atoms with Crippen LogP contribution < -0.4 is 15.6 Å². The fourth-order valence-corrected chi connectivity index (χ4v) is 3.86. The molecule has 4 rings (SSSR count). The second kappa shape index (κ2) is 9.09. The summed E-state index contributed by atoms with van der Waals surface area (Å²) in [6, 6.07) is 14.4. The molecule has 0 aliphatic carbocycles. The molecule has 30 heavy (non-hydrogen) atoms. The Balaban J connectivity index is 1.56. The van der Waals surface area contributed by atoms with Gasteiger partial charge in [0, 0.05) is 17.5 Å². The lowest BCUT2D eigenvalue weighted by molar-refractivity contribution is 0.0950. The van der Waals surface area contributed by atoms with Crippen molar-refractivity contribution in [3.8, 4) is 5.75 Å².